The first kappa shape index (κ1) is 17.2. The van der Waals surface area contributed by atoms with Crippen molar-refractivity contribution in [3.8, 4) is 0 Å². The second kappa shape index (κ2) is 8.48. The van der Waals surface area contributed by atoms with Gasteiger partial charge in [0.05, 0.1) is 6.54 Å². The highest BCUT2D eigenvalue weighted by Crippen LogP contribution is 2.48. The molecule has 0 aromatic carbocycles. The van der Waals surface area contributed by atoms with Crippen LogP contribution in [0.25, 0.3) is 0 Å². The van der Waals surface area contributed by atoms with Crippen LogP contribution in [0.2, 0.25) is 0 Å². The Balaban J connectivity index is 1.71. The van der Waals surface area contributed by atoms with E-state index in [1.54, 1.807) is 11.3 Å². The SMILES string of the molecule is CCOCCC1(CNC(=NC)NCc2ncc(CC)s2)CC1. The van der Waals surface area contributed by atoms with Crippen molar-refractivity contribution in [1.82, 2.24) is 15.6 Å². The number of nitrogens with zero attached hydrogens (tertiary/aromatic N) is 2. The highest BCUT2D eigenvalue weighted by Gasteiger charge is 2.41. The van der Waals surface area contributed by atoms with Gasteiger partial charge in [0.25, 0.3) is 0 Å². The summed E-state index contributed by atoms with van der Waals surface area (Å²) in [6.07, 6.45) is 6.72. The van der Waals surface area contributed by atoms with Crippen LogP contribution >= 0.6 is 11.3 Å². The number of nitrogens with one attached hydrogen (secondary N) is 2. The van der Waals surface area contributed by atoms with Gasteiger partial charge in [-0.05, 0) is 38.0 Å². The van der Waals surface area contributed by atoms with Gasteiger partial charge in [-0.15, -0.1) is 11.3 Å². The van der Waals surface area contributed by atoms with Crippen molar-refractivity contribution in [3.05, 3.63) is 16.1 Å². The van der Waals surface area contributed by atoms with Crippen molar-refractivity contribution in [2.45, 2.75) is 46.1 Å². The van der Waals surface area contributed by atoms with Gasteiger partial charge in [-0.3, -0.25) is 4.99 Å². The molecule has 2 rings (SSSR count). The maximum Gasteiger partial charge on any atom is 0.191 e. The summed E-state index contributed by atoms with van der Waals surface area (Å²) in [6, 6.07) is 0. The van der Waals surface area contributed by atoms with Gasteiger partial charge in [0.2, 0.25) is 0 Å². The molecule has 1 aromatic rings. The van der Waals surface area contributed by atoms with Gasteiger partial charge in [0.1, 0.15) is 5.01 Å². The fourth-order valence-corrected chi connectivity index (χ4v) is 3.17. The van der Waals surface area contributed by atoms with Crippen LogP contribution in [-0.4, -0.2) is 37.7 Å². The van der Waals surface area contributed by atoms with Crippen molar-refractivity contribution < 1.29 is 4.74 Å². The molecule has 0 bridgehead atoms. The van der Waals surface area contributed by atoms with Crippen molar-refractivity contribution in [1.29, 1.82) is 0 Å². The monoisotopic (exact) mass is 324 g/mol. The maximum atomic E-state index is 5.48. The Bertz CT molecular complexity index is 482. The van der Waals surface area contributed by atoms with E-state index >= 15 is 0 Å². The summed E-state index contributed by atoms with van der Waals surface area (Å²) in [5.41, 5.74) is 0.420. The quantitative estimate of drug-likeness (QED) is 0.416. The molecule has 1 fully saturated rings. The molecule has 0 aliphatic heterocycles. The molecule has 0 unspecified atom stereocenters. The molecule has 0 amide bonds. The molecule has 5 nitrogen and oxygen atoms in total. The van der Waals surface area contributed by atoms with E-state index in [0.29, 0.717) is 5.41 Å². The Morgan fingerprint density at radius 2 is 2.23 bits per heavy atom. The molecule has 2 N–H and O–H groups in total. The van der Waals surface area contributed by atoms with Crippen LogP contribution < -0.4 is 10.6 Å². The van der Waals surface area contributed by atoms with Gasteiger partial charge < -0.3 is 15.4 Å². The lowest BCUT2D eigenvalue weighted by atomic mass is 10.0. The van der Waals surface area contributed by atoms with E-state index in [-0.39, 0.29) is 0 Å². The van der Waals surface area contributed by atoms with Gasteiger partial charge in [-0.2, -0.15) is 0 Å². The Kier molecular flexibility index (Phi) is 6.64. The zero-order chi connectivity index (χ0) is 15.8. The molecule has 0 spiro atoms. The van der Waals surface area contributed by atoms with Crippen LogP contribution in [0.1, 0.15) is 43.0 Å². The van der Waals surface area contributed by atoms with Crippen LogP contribution in [0.3, 0.4) is 0 Å². The molecular formula is C16H28N4OS. The van der Waals surface area contributed by atoms with Gasteiger partial charge in [-0.1, -0.05) is 6.92 Å². The Morgan fingerprint density at radius 3 is 2.82 bits per heavy atom. The van der Waals surface area contributed by atoms with E-state index in [1.807, 2.05) is 20.2 Å². The maximum absolute atomic E-state index is 5.48. The Labute approximate surface area is 137 Å². The van der Waals surface area contributed by atoms with Crippen LogP contribution in [-0.2, 0) is 17.7 Å². The summed E-state index contributed by atoms with van der Waals surface area (Å²) in [4.78, 5) is 10.0. The number of hydrogen-bond acceptors (Lipinski definition) is 4. The number of hydrogen-bond donors (Lipinski definition) is 2. The summed E-state index contributed by atoms with van der Waals surface area (Å²) in [5.74, 6) is 0.857. The fraction of sp³-hybridized carbons (Fsp3) is 0.750. The number of aromatic nitrogens is 1. The molecular weight excluding hydrogens is 296 g/mol. The topological polar surface area (TPSA) is 58.5 Å². The molecule has 1 aliphatic rings. The number of aliphatic imine (C=N–C) groups is 1. The van der Waals surface area contributed by atoms with E-state index in [0.717, 1.165) is 50.1 Å². The third-order valence-electron chi connectivity index (χ3n) is 4.15. The molecule has 124 valence electrons. The lowest BCUT2D eigenvalue weighted by Gasteiger charge is -2.18. The normalized spacial score (nSPS) is 16.6. The molecule has 1 aromatic heterocycles. The Hall–Kier alpha value is -1.14. The average Bonchev–Trinajstić information content (AvgIpc) is 3.15. The number of ether oxygens (including phenoxy) is 1. The lowest BCUT2D eigenvalue weighted by molar-refractivity contribution is 0.128. The molecule has 0 atom stereocenters. The minimum absolute atomic E-state index is 0.420. The summed E-state index contributed by atoms with van der Waals surface area (Å²) in [7, 11) is 1.81. The molecule has 1 heterocycles. The van der Waals surface area contributed by atoms with Gasteiger partial charge in [0, 0.05) is 37.9 Å². The first-order chi connectivity index (χ1) is 10.7. The lowest BCUT2D eigenvalue weighted by Crippen LogP contribution is -2.40. The molecule has 22 heavy (non-hydrogen) atoms. The first-order valence-corrected chi connectivity index (χ1v) is 8.99. The zero-order valence-electron chi connectivity index (χ0n) is 13.9. The Morgan fingerprint density at radius 1 is 1.41 bits per heavy atom. The van der Waals surface area contributed by atoms with Crippen LogP contribution in [0, 0.1) is 5.41 Å². The van der Waals surface area contributed by atoms with E-state index in [1.165, 1.54) is 17.7 Å². The second-order valence-corrected chi connectivity index (χ2v) is 7.00. The van der Waals surface area contributed by atoms with E-state index < -0.39 is 0 Å². The van der Waals surface area contributed by atoms with Gasteiger partial charge in [-0.25, -0.2) is 4.98 Å². The number of thiazole rings is 1. The molecule has 0 radical (unpaired) electrons. The van der Waals surface area contributed by atoms with Crippen molar-refractivity contribution in [2.75, 3.05) is 26.8 Å². The van der Waals surface area contributed by atoms with Crippen LogP contribution in [0.5, 0.6) is 0 Å². The van der Waals surface area contributed by atoms with Crippen molar-refractivity contribution >= 4 is 17.3 Å². The summed E-state index contributed by atoms with van der Waals surface area (Å²) >= 11 is 1.76. The average molecular weight is 324 g/mol. The number of guanidine groups is 1. The fourth-order valence-electron chi connectivity index (χ4n) is 2.37. The van der Waals surface area contributed by atoms with Crippen molar-refractivity contribution in [3.63, 3.8) is 0 Å². The van der Waals surface area contributed by atoms with Crippen molar-refractivity contribution in [2.24, 2.45) is 10.4 Å². The third kappa shape index (κ3) is 5.25. The number of rotatable bonds is 9. The zero-order valence-corrected chi connectivity index (χ0v) is 14.8. The van der Waals surface area contributed by atoms with E-state index in [2.05, 4.69) is 27.5 Å². The second-order valence-electron chi connectivity index (χ2n) is 5.80. The predicted molar refractivity (Wildman–Crippen MR) is 92.5 cm³/mol. The predicted octanol–water partition coefficient (Wildman–Crippen LogP) is 2.58. The van der Waals surface area contributed by atoms with Crippen LogP contribution in [0.4, 0.5) is 0 Å². The third-order valence-corrected chi connectivity index (χ3v) is 5.29. The molecule has 0 saturated heterocycles. The van der Waals surface area contributed by atoms with E-state index in [9.17, 15) is 0 Å². The summed E-state index contributed by atoms with van der Waals surface area (Å²) < 4.78 is 5.48. The highest BCUT2D eigenvalue weighted by atomic mass is 32.1. The van der Waals surface area contributed by atoms with E-state index in [4.69, 9.17) is 4.74 Å². The van der Waals surface area contributed by atoms with Gasteiger partial charge >= 0.3 is 0 Å². The summed E-state index contributed by atoms with van der Waals surface area (Å²) in [5, 5.41) is 7.91. The molecule has 6 heteroatoms. The standard InChI is InChI=1S/C16H28N4OS/c1-4-13-10-18-14(22-13)11-19-15(17-3)20-12-16(6-7-16)8-9-21-5-2/h10H,4-9,11-12H2,1-3H3,(H2,17,19,20). The van der Waals surface area contributed by atoms with Crippen LogP contribution in [0.15, 0.2) is 11.2 Å². The molecule has 1 saturated carbocycles. The molecule has 1 aliphatic carbocycles. The van der Waals surface area contributed by atoms with Gasteiger partial charge in [0.15, 0.2) is 5.96 Å². The first-order valence-electron chi connectivity index (χ1n) is 8.17. The smallest absolute Gasteiger partial charge is 0.191 e. The minimum atomic E-state index is 0.420. The summed E-state index contributed by atoms with van der Waals surface area (Å²) in [6.45, 7) is 7.58. The number of aryl methyl sites for hydroxylation is 1. The minimum Gasteiger partial charge on any atom is -0.382 e. The largest absolute Gasteiger partial charge is 0.382 e. The highest BCUT2D eigenvalue weighted by molar-refractivity contribution is 7.11.